The van der Waals surface area contributed by atoms with Crippen LogP contribution in [0.3, 0.4) is 0 Å². The number of carbonyl (C=O) groups excluding carboxylic acids is 1. The quantitative estimate of drug-likeness (QED) is 0.220. The summed E-state index contributed by atoms with van der Waals surface area (Å²) >= 11 is 0. The smallest absolute Gasteiger partial charge is 0.327 e. The maximum Gasteiger partial charge on any atom is 0.436 e. The molecule has 210 valence electrons. The fourth-order valence-electron chi connectivity index (χ4n) is 5.35. The second-order valence-electron chi connectivity index (χ2n) is 9.53. The van der Waals surface area contributed by atoms with Crippen molar-refractivity contribution in [3.05, 3.63) is 82.6 Å². The molecule has 5 rings (SSSR count). The lowest BCUT2D eigenvalue weighted by Gasteiger charge is -2.41. The summed E-state index contributed by atoms with van der Waals surface area (Å²) in [7, 11) is 1.60. The largest absolute Gasteiger partial charge is 0.436 e. The average molecular weight is 563 g/mol. The van der Waals surface area contributed by atoms with Crippen molar-refractivity contribution in [2.75, 3.05) is 0 Å². The molecule has 0 fully saturated rings. The van der Waals surface area contributed by atoms with Gasteiger partial charge in [0, 0.05) is 24.2 Å². The number of carbonyl (C=O) groups is 1. The fourth-order valence-corrected chi connectivity index (χ4v) is 5.35. The molecule has 0 N–H and O–H groups in total. The van der Waals surface area contributed by atoms with E-state index in [0.29, 0.717) is 36.0 Å². The predicted octanol–water partition coefficient (Wildman–Crippen LogP) is 6.03. The Balaban J connectivity index is 1.59. The number of para-hydroxylation sites is 1. The third-order valence-corrected chi connectivity index (χ3v) is 7.14. The van der Waals surface area contributed by atoms with E-state index in [1.165, 1.54) is 16.8 Å². The standard InChI is InChI=1S/C27H24F6N6O/c1-4-15-12-17-24(36-37(3)25(17)14-10-18(28)23(30)19(29)11-14)20(5-2)38(15)26(40)16-8-6-7-9-21(16)39-34-13-22(35-39)27(31,32)33/h6-11,13,15,20H,4-5,12H2,1-3H3/t15-,20+/m0/s1. The van der Waals surface area contributed by atoms with E-state index in [2.05, 4.69) is 15.3 Å². The summed E-state index contributed by atoms with van der Waals surface area (Å²) in [5, 5.41) is 11.9. The van der Waals surface area contributed by atoms with Crippen LogP contribution in [0, 0.1) is 17.5 Å². The molecule has 1 amide bonds. The van der Waals surface area contributed by atoms with Crippen LogP contribution in [-0.4, -0.2) is 41.6 Å². The summed E-state index contributed by atoms with van der Waals surface area (Å²) in [5.41, 5.74) is 0.739. The van der Waals surface area contributed by atoms with Crippen molar-refractivity contribution < 1.29 is 31.1 Å². The van der Waals surface area contributed by atoms with E-state index < -0.39 is 41.3 Å². The van der Waals surface area contributed by atoms with Gasteiger partial charge in [0.05, 0.1) is 34.9 Å². The first-order valence-electron chi connectivity index (χ1n) is 12.6. The number of aromatic nitrogens is 5. The Labute approximate surface area is 225 Å². The molecule has 0 saturated heterocycles. The second kappa shape index (κ2) is 10.1. The van der Waals surface area contributed by atoms with Crippen LogP contribution in [-0.2, 0) is 19.6 Å². The molecule has 4 aromatic rings. The summed E-state index contributed by atoms with van der Waals surface area (Å²) in [6.45, 7) is 3.74. The minimum Gasteiger partial charge on any atom is -0.327 e. The van der Waals surface area contributed by atoms with Gasteiger partial charge < -0.3 is 4.90 Å². The van der Waals surface area contributed by atoms with Gasteiger partial charge in [0.15, 0.2) is 23.1 Å². The molecule has 2 atom stereocenters. The van der Waals surface area contributed by atoms with Crippen LogP contribution in [0.25, 0.3) is 16.9 Å². The Kier molecular flexibility index (Phi) is 6.92. The summed E-state index contributed by atoms with van der Waals surface area (Å²) < 4.78 is 82.8. The van der Waals surface area contributed by atoms with Gasteiger partial charge in [-0.2, -0.15) is 28.2 Å². The lowest BCUT2D eigenvalue weighted by molar-refractivity contribution is -0.141. The lowest BCUT2D eigenvalue weighted by Crippen LogP contribution is -2.47. The molecule has 13 heteroatoms. The van der Waals surface area contributed by atoms with Crippen LogP contribution in [0.5, 0.6) is 0 Å². The molecule has 3 heterocycles. The number of aryl methyl sites for hydroxylation is 1. The van der Waals surface area contributed by atoms with Gasteiger partial charge in [-0.3, -0.25) is 9.48 Å². The molecule has 1 aliphatic heterocycles. The molecule has 0 saturated carbocycles. The van der Waals surface area contributed by atoms with E-state index in [0.717, 1.165) is 16.9 Å². The monoisotopic (exact) mass is 562 g/mol. The van der Waals surface area contributed by atoms with E-state index in [1.807, 2.05) is 13.8 Å². The molecule has 7 nitrogen and oxygen atoms in total. The van der Waals surface area contributed by atoms with Gasteiger partial charge in [-0.05, 0) is 43.5 Å². The molecule has 40 heavy (non-hydrogen) atoms. The third kappa shape index (κ3) is 4.52. The molecular weight excluding hydrogens is 538 g/mol. The number of alkyl halides is 3. The lowest BCUT2D eigenvalue weighted by atomic mass is 9.87. The number of halogens is 6. The summed E-state index contributed by atoms with van der Waals surface area (Å²) in [5.74, 6) is -4.66. The van der Waals surface area contributed by atoms with Gasteiger partial charge >= 0.3 is 6.18 Å². The first kappa shape index (κ1) is 27.4. The molecule has 0 aliphatic carbocycles. The topological polar surface area (TPSA) is 68.8 Å². The van der Waals surface area contributed by atoms with Crippen LogP contribution in [0.2, 0.25) is 0 Å². The highest BCUT2D eigenvalue weighted by molar-refractivity contribution is 5.98. The number of benzene rings is 2. The second-order valence-corrected chi connectivity index (χ2v) is 9.53. The predicted molar refractivity (Wildman–Crippen MR) is 132 cm³/mol. The normalized spacial score (nSPS) is 17.3. The molecule has 0 spiro atoms. The minimum absolute atomic E-state index is 0.0810. The first-order valence-corrected chi connectivity index (χ1v) is 12.6. The van der Waals surface area contributed by atoms with Gasteiger partial charge in [0.25, 0.3) is 5.91 Å². The van der Waals surface area contributed by atoms with Crippen LogP contribution in [0.4, 0.5) is 26.3 Å². The number of amides is 1. The summed E-state index contributed by atoms with van der Waals surface area (Å²) in [4.78, 5) is 16.5. The highest BCUT2D eigenvalue weighted by atomic mass is 19.4. The zero-order valence-electron chi connectivity index (χ0n) is 21.7. The molecular formula is C27H24F6N6O. The van der Waals surface area contributed by atoms with Gasteiger partial charge in [0.2, 0.25) is 0 Å². The van der Waals surface area contributed by atoms with E-state index in [-0.39, 0.29) is 29.3 Å². The van der Waals surface area contributed by atoms with Crippen molar-refractivity contribution in [2.24, 2.45) is 7.05 Å². The SMILES string of the molecule is CC[C@H]1Cc2c(nn(C)c2-c2cc(F)c(F)c(F)c2)[C@@H](CC)N1C(=O)c1ccccc1-n1ncc(C(F)(F)F)n1. The Hall–Kier alpha value is -4.16. The number of hydrogen-bond donors (Lipinski definition) is 0. The van der Waals surface area contributed by atoms with Crippen LogP contribution in [0.15, 0.2) is 42.6 Å². The van der Waals surface area contributed by atoms with Crippen molar-refractivity contribution in [3.63, 3.8) is 0 Å². The third-order valence-electron chi connectivity index (χ3n) is 7.14. The van der Waals surface area contributed by atoms with Crippen molar-refractivity contribution in [1.82, 2.24) is 29.7 Å². The first-order chi connectivity index (χ1) is 19.0. The zero-order valence-corrected chi connectivity index (χ0v) is 21.7. The van der Waals surface area contributed by atoms with Crippen molar-refractivity contribution in [2.45, 2.75) is 51.4 Å². The molecule has 0 radical (unpaired) electrons. The van der Waals surface area contributed by atoms with E-state index in [4.69, 9.17) is 0 Å². The van der Waals surface area contributed by atoms with E-state index >= 15 is 0 Å². The van der Waals surface area contributed by atoms with E-state index in [1.54, 1.807) is 24.1 Å². The fraction of sp³-hybridized carbons (Fsp3) is 0.333. The van der Waals surface area contributed by atoms with Gasteiger partial charge in [-0.25, -0.2) is 13.2 Å². The highest BCUT2D eigenvalue weighted by Crippen LogP contribution is 2.42. The summed E-state index contributed by atoms with van der Waals surface area (Å²) in [6, 6.07) is 7.01. The molecule has 2 aromatic heterocycles. The average Bonchev–Trinajstić information content (AvgIpc) is 3.54. The molecule has 1 aliphatic rings. The van der Waals surface area contributed by atoms with Crippen molar-refractivity contribution >= 4 is 5.91 Å². The Morgan fingerprint density at radius 2 is 1.70 bits per heavy atom. The molecule has 0 bridgehead atoms. The van der Waals surface area contributed by atoms with Crippen molar-refractivity contribution in [1.29, 1.82) is 0 Å². The van der Waals surface area contributed by atoms with Crippen molar-refractivity contribution in [3.8, 4) is 16.9 Å². The number of hydrogen-bond acceptors (Lipinski definition) is 4. The number of nitrogens with zero attached hydrogens (tertiary/aromatic N) is 6. The zero-order chi connectivity index (χ0) is 28.9. The van der Waals surface area contributed by atoms with Crippen LogP contribution >= 0.6 is 0 Å². The maximum absolute atomic E-state index is 14.1. The number of rotatable bonds is 5. The molecule has 0 unspecified atom stereocenters. The van der Waals surface area contributed by atoms with E-state index in [9.17, 15) is 31.1 Å². The molecule has 2 aromatic carbocycles. The van der Waals surface area contributed by atoms with Crippen LogP contribution < -0.4 is 0 Å². The Morgan fingerprint density at radius 1 is 1.02 bits per heavy atom. The van der Waals surface area contributed by atoms with Gasteiger partial charge in [-0.1, -0.05) is 26.0 Å². The maximum atomic E-state index is 14.1. The summed E-state index contributed by atoms with van der Waals surface area (Å²) in [6.07, 6.45) is -2.89. The number of fused-ring (bicyclic) bond motifs is 1. The highest BCUT2D eigenvalue weighted by Gasteiger charge is 2.41. The van der Waals surface area contributed by atoms with Gasteiger partial charge in [0.1, 0.15) is 0 Å². The Bertz CT molecular complexity index is 1570. The van der Waals surface area contributed by atoms with Gasteiger partial charge in [-0.15, -0.1) is 5.10 Å². The Morgan fingerprint density at radius 3 is 2.30 bits per heavy atom. The minimum atomic E-state index is -4.70. The van der Waals surface area contributed by atoms with Crippen LogP contribution in [0.1, 0.15) is 60.0 Å².